The number of halogens is 1. The summed E-state index contributed by atoms with van der Waals surface area (Å²) in [6.07, 6.45) is 0.0819. The molecule has 0 aliphatic carbocycles. The van der Waals surface area contributed by atoms with Gasteiger partial charge in [0.1, 0.15) is 23.9 Å². The number of thiazole rings is 1. The Morgan fingerprint density at radius 1 is 1.33 bits per heavy atom. The van der Waals surface area contributed by atoms with E-state index in [1.54, 1.807) is 36.6 Å². The summed E-state index contributed by atoms with van der Waals surface area (Å²) in [5, 5.41) is 12.0. The number of carboxylic acids is 1. The first-order valence-corrected chi connectivity index (χ1v) is 8.55. The van der Waals surface area contributed by atoms with Crippen LogP contribution in [0.5, 0.6) is 5.75 Å². The highest BCUT2D eigenvalue weighted by Crippen LogP contribution is 2.18. The molecular weight excluding hydrogens is 352 g/mol. The molecule has 0 aliphatic heterocycles. The van der Waals surface area contributed by atoms with E-state index in [1.165, 1.54) is 16.2 Å². The lowest BCUT2D eigenvalue weighted by molar-refractivity contribution is -0.144. The molecule has 2 aromatic rings. The predicted molar refractivity (Wildman–Crippen MR) is 91.5 cm³/mol. The Balaban J connectivity index is 1.89. The monoisotopic (exact) mass is 368 g/mol. The number of ether oxygens (including phenoxy) is 1. The molecule has 0 saturated heterocycles. The van der Waals surface area contributed by atoms with E-state index in [0.717, 1.165) is 5.01 Å². The van der Waals surface area contributed by atoms with Gasteiger partial charge in [0.15, 0.2) is 0 Å². The van der Waals surface area contributed by atoms with Crippen molar-refractivity contribution in [3.63, 3.8) is 0 Å². The fourth-order valence-electron chi connectivity index (χ4n) is 1.98. The van der Waals surface area contributed by atoms with Gasteiger partial charge in [-0.25, -0.2) is 4.98 Å². The quantitative estimate of drug-likeness (QED) is 0.775. The predicted octanol–water partition coefficient (Wildman–Crippen LogP) is 2.85. The summed E-state index contributed by atoms with van der Waals surface area (Å²) in [6.45, 7) is 2.09. The fourth-order valence-corrected chi connectivity index (χ4v) is 2.81. The summed E-state index contributed by atoms with van der Waals surface area (Å²) in [7, 11) is 0. The van der Waals surface area contributed by atoms with Crippen molar-refractivity contribution in [1.29, 1.82) is 0 Å². The van der Waals surface area contributed by atoms with Crippen molar-refractivity contribution in [2.75, 3.05) is 13.1 Å². The van der Waals surface area contributed by atoms with Crippen LogP contribution < -0.4 is 4.74 Å². The number of benzene rings is 1. The highest BCUT2D eigenvalue weighted by molar-refractivity contribution is 7.09. The van der Waals surface area contributed by atoms with Crippen molar-refractivity contribution >= 4 is 34.8 Å². The largest absolute Gasteiger partial charge is 0.486 e. The van der Waals surface area contributed by atoms with E-state index >= 15 is 0 Å². The van der Waals surface area contributed by atoms with Crippen LogP contribution in [-0.2, 0) is 22.6 Å². The maximum absolute atomic E-state index is 12.1. The normalized spacial score (nSPS) is 10.4. The van der Waals surface area contributed by atoms with Gasteiger partial charge in [-0.3, -0.25) is 9.59 Å². The number of carboxylic acid groups (broad SMARTS) is 1. The number of nitrogens with zero attached hydrogens (tertiary/aromatic N) is 2. The minimum absolute atomic E-state index is 0.0819. The van der Waals surface area contributed by atoms with E-state index in [2.05, 4.69) is 4.98 Å². The van der Waals surface area contributed by atoms with Gasteiger partial charge in [-0.05, 0) is 31.2 Å². The molecule has 0 spiro atoms. The third kappa shape index (κ3) is 5.50. The number of likely N-dealkylation sites (N-methyl/N-ethyl adjacent to an activating group) is 1. The lowest BCUT2D eigenvalue weighted by Crippen LogP contribution is -2.36. The maximum Gasteiger partial charge on any atom is 0.323 e. The second kappa shape index (κ2) is 8.65. The molecule has 0 fully saturated rings. The SMILES string of the molecule is CCN(CC(=O)O)C(=O)Cc1csc(COc2ccc(Cl)cc2)n1. The molecule has 0 aliphatic rings. The van der Waals surface area contributed by atoms with Gasteiger partial charge in [-0.15, -0.1) is 11.3 Å². The number of rotatable bonds is 8. The van der Waals surface area contributed by atoms with Gasteiger partial charge < -0.3 is 14.7 Å². The lowest BCUT2D eigenvalue weighted by atomic mass is 10.3. The van der Waals surface area contributed by atoms with Crippen molar-refractivity contribution in [2.24, 2.45) is 0 Å². The van der Waals surface area contributed by atoms with Gasteiger partial charge in [-0.2, -0.15) is 0 Å². The molecule has 1 amide bonds. The second-order valence-corrected chi connectivity index (χ2v) is 6.33. The number of aromatic nitrogens is 1. The summed E-state index contributed by atoms with van der Waals surface area (Å²) in [5.74, 6) is -0.596. The first-order valence-electron chi connectivity index (χ1n) is 7.29. The van der Waals surface area contributed by atoms with Crippen LogP contribution in [0.1, 0.15) is 17.6 Å². The number of amides is 1. The maximum atomic E-state index is 12.1. The van der Waals surface area contributed by atoms with Crippen LogP contribution in [0, 0.1) is 0 Å². The van der Waals surface area contributed by atoms with Gasteiger partial charge >= 0.3 is 5.97 Å². The van der Waals surface area contributed by atoms with Crippen LogP contribution in [0.3, 0.4) is 0 Å². The minimum atomic E-state index is -1.03. The van der Waals surface area contributed by atoms with Crippen molar-refractivity contribution in [2.45, 2.75) is 20.0 Å². The third-order valence-electron chi connectivity index (χ3n) is 3.17. The standard InChI is InChI=1S/C16H17ClN2O4S/c1-2-19(8-16(21)22)15(20)7-12-10-24-14(18-12)9-23-13-5-3-11(17)4-6-13/h3-6,10H,2,7-9H2,1H3,(H,21,22). The van der Waals surface area contributed by atoms with Crippen LogP contribution in [0.15, 0.2) is 29.6 Å². The van der Waals surface area contributed by atoms with Gasteiger partial charge in [0.2, 0.25) is 5.91 Å². The van der Waals surface area contributed by atoms with E-state index in [0.29, 0.717) is 29.6 Å². The fraction of sp³-hybridized carbons (Fsp3) is 0.312. The molecule has 0 unspecified atom stereocenters. The van der Waals surface area contributed by atoms with E-state index in [4.69, 9.17) is 21.4 Å². The van der Waals surface area contributed by atoms with Gasteiger partial charge in [0.05, 0.1) is 12.1 Å². The zero-order valence-corrected chi connectivity index (χ0v) is 14.6. The molecule has 0 atom stereocenters. The van der Waals surface area contributed by atoms with Gasteiger partial charge in [0, 0.05) is 16.9 Å². The number of hydrogen-bond acceptors (Lipinski definition) is 5. The number of carbonyl (C=O) groups is 2. The van der Waals surface area contributed by atoms with Crippen molar-refractivity contribution in [3.8, 4) is 5.75 Å². The van der Waals surface area contributed by atoms with E-state index in [-0.39, 0.29) is 18.9 Å². The molecule has 0 bridgehead atoms. The van der Waals surface area contributed by atoms with E-state index in [9.17, 15) is 9.59 Å². The number of carbonyl (C=O) groups excluding carboxylic acids is 1. The highest BCUT2D eigenvalue weighted by atomic mass is 35.5. The Hall–Kier alpha value is -2.12. The zero-order valence-electron chi connectivity index (χ0n) is 13.1. The molecule has 1 N–H and O–H groups in total. The lowest BCUT2D eigenvalue weighted by Gasteiger charge is -2.17. The molecule has 128 valence electrons. The third-order valence-corrected chi connectivity index (χ3v) is 4.29. The molecule has 2 rings (SSSR count). The topological polar surface area (TPSA) is 79.7 Å². The van der Waals surface area contributed by atoms with Crippen LogP contribution in [0.4, 0.5) is 0 Å². The smallest absolute Gasteiger partial charge is 0.323 e. The van der Waals surface area contributed by atoms with E-state index < -0.39 is 5.97 Å². The highest BCUT2D eigenvalue weighted by Gasteiger charge is 2.16. The Morgan fingerprint density at radius 3 is 2.67 bits per heavy atom. The van der Waals surface area contributed by atoms with Crippen molar-refractivity contribution in [1.82, 2.24) is 9.88 Å². The van der Waals surface area contributed by atoms with Crippen LogP contribution in [0.25, 0.3) is 0 Å². The first-order chi connectivity index (χ1) is 11.5. The summed E-state index contributed by atoms with van der Waals surface area (Å²) in [4.78, 5) is 28.5. The van der Waals surface area contributed by atoms with Crippen LogP contribution >= 0.6 is 22.9 Å². The van der Waals surface area contributed by atoms with Gasteiger partial charge in [-0.1, -0.05) is 11.6 Å². The second-order valence-electron chi connectivity index (χ2n) is 4.95. The van der Waals surface area contributed by atoms with Gasteiger partial charge in [0.25, 0.3) is 0 Å². The molecule has 1 aromatic heterocycles. The Kier molecular flexibility index (Phi) is 6.57. The Bertz CT molecular complexity index is 702. The molecule has 1 heterocycles. The van der Waals surface area contributed by atoms with Crippen LogP contribution in [-0.4, -0.2) is 40.0 Å². The molecule has 6 nitrogen and oxygen atoms in total. The van der Waals surface area contributed by atoms with Crippen molar-refractivity contribution < 1.29 is 19.4 Å². The molecule has 0 radical (unpaired) electrons. The average molecular weight is 369 g/mol. The first kappa shape index (κ1) is 18.2. The minimum Gasteiger partial charge on any atom is -0.486 e. The Labute approximate surface area is 148 Å². The number of aliphatic carboxylic acids is 1. The molecule has 1 aromatic carbocycles. The van der Waals surface area contributed by atoms with E-state index in [1.807, 2.05) is 0 Å². The summed E-state index contributed by atoms with van der Waals surface area (Å²) < 4.78 is 5.60. The summed E-state index contributed by atoms with van der Waals surface area (Å²) >= 11 is 7.21. The zero-order chi connectivity index (χ0) is 17.5. The summed E-state index contributed by atoms with van der Waals surface area (Å²) in [5.41, 5.74) is 0.614. The average Bonchev–Trinajstić information content (AvgIpc) is 2.99. The molecular formula is C16H17ClN2O4S. The molecule has 24 heavy (non-hydrogen) atoms. The molecule has 0 saturated carbocycles. The van der Waals surface area contributed by atoms with Crippen molar-refractivity contribution in [3.05, 3.63) is 45.4 Å². The molecule has 8 heteroatoms. The summed E-state index contributed by atoms with van der Waals surface area (Å²) in [6, 6.07) is 7.02. The van der Waals surface area contributed by atoms with Crippen LogP contribution in [0.2, 0.25) is 5.02 Å². The Morgan fingerprint density at radius 2 is 2.04 bits per heavy atom. The number of hydrogen-bond donors (Lipinski definition) is 1.